The molecule has 0 fully saturated rings. The van der Waals surface area contributed by atoms with Gasteiger partial charge in [-0.15, -0.1) is 0 Å². The van der Waals surface area contributed by atoms with Crippen molar-refractivity contribution in [2.24, 2.45) is 0 Å². The van der Waals surface area contributed by atoms with Gasteiger partial charge in [0.15, 0.2) is 0 Å². The minimum absolute atomic E-state index is 0.0416. The lowest BCUT2D eigenvalue weighted by Crippen LogP contribution is -2.26. The van der Waals surface area contributed by atoms with Crippen molar-refractivity contribution < 1.29 is 22.3 Å². The second kappa shape index (κ2) is 8.64. The molecule has 0 amide bonds. The van der Waals surface area contributed by atoms with E-state index in [9.17, 15) is 12.8 Å². The van der Waals surface area contributed by atoms with E-state index in [-0.39, 0.29) is 21.6 Å². The summed E-state index contributed by atoms with van der Waals surface area (Å²) in [4.78, 5) is -0.156. The standard InChI is InChI=1S/C12H18BrFN2O4S/c1-19-5-6-20-4-2-3-16-21(17,18)12-7-9(13)10(14)8-11(12)15/h7-8,16H,2-6,15H2,1H3. The Labute approximate surface area is 132 Å². The lowest BCUT2D eigenvalue weighted by atomic mass is 10.3. The Balaban J connectivity index is 2.53. The highest BCUT2D eigenvalue weighted by Gasteiger charge is 2.19. The molecule has 0 atom stereocenters. The highest BCUT2D eigenvalue weighted by Crippen LogP contribution is 2.25. The van der Waals surface area contributed by atoms with Crippen LogP contribution in [0.1, 0.15) is 6.42 Å². The normalized spacial score (nSPS) is 11.8. The number of halogens is 2. The number of nitrogens with two attached hydrogens (primary N) is 1. The molecule has 1 rings (SSSR count). The van der Waals surface area contributed by atoms with Gasteiger partial charge in [-0.3, -0.25) is 0 Å². The molecule has 0 saturated carbocycles. The summed E-state index contributed by atoms with van der Waals surface area (Å²) in [5, 5.41) is 0. The quantitative estimate of drug-likeness (QED) is 0.497. The average molecular weight is 385 g/mol. The van der Waals surface area contributed by atoms with Gasteiger partial charge in [-0.05, 0) is 34.5 Å². The summed E-state index contributed by atoms with van der Waals surface area (Å²) in [7, 11) is -2.21. The van der Waals surface area contributed by atoms with Gasteiger partial charge in [0.05, 0.1) is 23.4 Å². The van der Waals surface area contributed by atoms with Crippen LogP contribution < -0.4 is 10.5 Å². The Bertz CT molecular complexity index is 569. The van der Waals surface area contributed by atoms with E-state index in [1.165, 1.54) is 0 Å². The van der Waals surface area contributed by atoms with Crippen LogP contribution in [0.4, 0.5) is 10.1 Å². The monoisotopic (exact) mass is 384 g/mol. The van der Waals surface area contributed by atoms with E-state index in [4.69, 9.17) is 15.2 Å². The molecule has 6 nitrogen and oxygen atoms in total. The van der Waals surface area contributed by atoms with Gasteiger partial charge in [0.2, 0.25) is 10.0 Å². The molecule has 1 aromatic carbocycles. The minimum atomic E-state index is -3.78. The maximum absolute atomic E-state index is 13.2. The topological polar surface area (TPSA) is 90.6 Å². The van der Waals surface area contributed by atoms with Crippen LogP contribution in [0.2, 0.25) is 0 Å². The van der Waals surface area contributed by atoms with Crippen molar-refractivity contribution in [3.63, 3.8) is 0 Å². The van der Waals surface area contributed by atoms with Gasteiger partial charge in [-0.1, -0.05) is 0 Å². The first kappa shape index (κ1) is 18.3. The number of ether oxygens (including phenoxy) is 2. The third-order valence-corrected chi connectivity index (χ3v) is 4.66. The van der Waals surface area contributed by atoms with Crippen molar-refractivity contribution in [1.82, 2.24) is 4.72 Å². The molecule has 0 aliphatic heterocycles. The molecule has 0 aliphatic rings. The first-order valence-electron chi connectivity index (χ1n) is 6.19. The number of hydrogen-bond donors (Lipinski definition) is 2. The van der Waals surface area contributed by atoms with Gasteiger partial charge < -0.3 is 15.2 Å². The number of anilines is 1. The summed E-state index contributed by atoms with van der Waals surface area (Å²) in [6, 6.07) is 2.11. The van der Waals surface area contributed by atoms with E-state index in [0.29, 0.717) is 26.2 Å². The van der Waals surface area contributed by atoms with Gasteiger partial charge in [-0.2, -0.15) is 0 Å². The van der Waals surface area contributed by atoms with E-state index in [1.54, 1.807) is 7.11 Å². The predicted molar refractivity (Wildman–Crippen MR) is 81.0 cm³/mol. The Morgan fingerprint density at radius 2 is 2.05 bits per heavy atom. The largest absolute Gasteiger partial charge is 0.398 e. The summed E-state index contributed by atoms with van der Waals surface area (Å²) < 4.78 is 49.8. The summed E-state index contributed by atoms with van der Waals surface area (Å²) in [6.07, 6.45) is 0.505. The molecule has 1 aromatic rings. The molecule has 0 radical (unpaired) electrons. The van der Waals surface area contributed by atoms with Crippen molar-refractivity contribution in [2.75, 3.05) is 39.2 Å². The fourth-order valence-electron chi connectivity index (χ4n) is 1.48. The average Bonchev–Trinajstić information content (AvgIpc) is 2.41. The molecule has 0 aromatic heterocycles. The lowest BCUT2D eigenvalue weighted by Gasteiger charge is -2.10. The van der Waals surface area contributed by atoms with E-state index >= 15 is 0 Å². The number of nitrogen functional groups attached to an aromatic ring is 1. The summed E-state index contributed by atoms with van der Waals surface area (Å²) in [5.41, 5.74) is 5.40. The van der Waals surface area contributed by atoms with Crippen LogP contribution in [-0.2, 0) is 19.5 Å². The van der Waals surface area contributed by atoms with Crippen molar-refractivity contribution >= 4 is 31.6 Å². The molecule has 0 aliphatic carbocycles. The highest BCUT2D eigenvalue weighted by molar-refractivity contribution is 9.10. The highest BCUT2D eigenvalue weighted by atomic mass is 79.9. The van der Waals surface area contributed by atoms with Crippen molar-refractivity contribution in [3.8, 4) is 0 Å². The Hall–Kier alpha value is -0.740. The minimum Gasteiger partial charge on any atom is -0.398 e. The Morgan fingerprint density at radius 3 is 2.71 bits per heavy atom. The fourth-order valence-corrected chi connectivity index (χ4v) is 3.19. The van der Waals surface area contributed by atoms with Crippen LogP contribution in [-0.4, -0.2) is 41.9 Å². The van der Waals surface area contributed by atoms with Gasteiger partial charge in [-0.25, -0.2) is 17.5 Å². The van der Waals surface area contributed by atoms with Crippen LogP contribution in [0.25, 0.3) is 0 Å². The molecule has 0 saturated heterocycles. The molecule has 0 unspecified atom stereocenters. The number of hydrogen-bond acceptors (Lipinski definition) is 5. The van der Waals surface area contributed by atoms with Crippen LogP contribution in [0.3, 0.4) is 0 Å². The lowest BCUT2D eigenvalue weighted by molar-refractivity contribution is 0.0699. The number of rotatable bonds is 9. The first-order chi connectivity index (χ1) is 9.88. The number of nitrogens with one attached hydrogen (secondary N) is 1. The summed E-state index contributed by atoms with van der Waals surface area (Å²) >= 11 is 2.94. The summed E-state index contributed by atoms with van der Waals surface area (Å²) in [6.45, 7) is 1.56. The van der Waals surface area contributed by atoms with Crippen LogP contribution in [0.15, 0.2) is 21.5 Å². The van der Waals surface area contributed by atoms with E-state index in [2.05, 4.69) is 20.7 Å². The van der Waals surface area contributed by atoms with Crippen LogP contribution in [0.5, 0.6) is 0 Å². The van der Waals surface area contributed by atoms with Gasteiger partial charge in [0, 0.05) is 20.3 Å². The van der Waals surface area contributed by atoms with Crippen molar-refractivity contribution in [2.45, 2.75) is 11.3 Å². The number of benzene rings is 1. The van der Waals surface area contributed by atoms with E-state index < -0.39 is 15.8 Å². The smallest absolute Gasteiger partial charge is 0.242 e. The fraction of sp³-hybridized carbons (Fsp3) is 0.500. The molecule has 0 bridgehead atoms. The zero-order chi connectivity index (χ0) is 15.9. The molecule has 3 N–H and O–H groups in total. The molecule has 9 heteroatoms. The summed E-state index contributed by atoms with van der Waals surface area (Å²) in [5.74, 6) is -0.613. The molecular formula is C12H18BrFN2O4S. The predicted octanol–water partition coefficient (Wildman–Crippen LogP) is 1.50. The van der Waals surface area contributed by atoms with Crippen molar-refractivity contribution in [3.05, 3.63) is 22.4 Å². The molecular weight excluding hydrogens is 367 g/mol. The number of sulfonamides is 1. The van der Waals surface area contributed by atoms with E-state index in [0.717, 1.165) is 12.1 Å². The molecule has 21 heavy (non-hydrogen) atoms. The first-order valence-corrected chi connectivity index (χ1v) is 8.47. The molecule has 0 spiro atoms. The Kier molecular flexibility index (Phi) is 7.53. The Morgan fingerprint density at radius 1 is 1.33 bits per heavy atom. The molecule has 120 valence electrons. The zero-order valence-corrected chi connectivity index (χ0v) is 14.0. The maximum atomic E-state index is 13.2. The SMILES string of the molecule is COCCOCCCNS(=O)(=O)c1cc(Br)c(F)cc1N. The molecule has 0 heterocycles. The zero-order valence-electron chi connectivity index (χ0n) is 11.6. The van der Waals surface area contributed by atoms with E-state index in [1.807, 2.05) is 0 Å². The van der Waals surface area contributed by atoms with Crippen molar-refractivity contribution in [1.29, 1.82) is 0 Å². The van der Waals surface area contributed by atoms with Crippen LogP contribution in [0, 0.1) is 5.82 Å². The van der Waals surface area contributed by atoms with Crippen LogP contribution >= 0.6 is 15.9 Å². The van der Waals surface area contributed by atoms with Gasteiger partial charge >= 0.3 is 0 Å². The third-order valence-electron chi connectivity index (χ3n) is 2.53. The maximum Gasteiger partial charge on any atom is 0.242 e. The second-order valence-electron chi connectivity index (χ2n) is 4.16. The third kappa shape index (κ3) is 5.87. The van der Waals surface area contributed by atoms with Gasteiger partial charge in [0.25, 0.3) is 0 Å². The van der Waals surface area contributed by atoms with Gasteiger partial charge in [0.1, 0.15) is 10.7 Å². The number of methoxy groups -OCH3 is 1. The second-order valence-corrected chi connectivity index (χ2v) is 6.75.